The molecular formula is C22H32Cl2N6O6S2. The van der Waals surface area contributed by atoms with Gasteiger partial charge in [-0.2, -0.15) is 0 Å². The summed E-state index contributed by atoms with van der Waals surface area (Å²) in [4.78, 5) is 8.40. The number of ether oxygens (including phenoxy) is 2. The van der Waals surface area contributed by atoms with Crippen molar-refractivity contribution in [3.05, 3.63) is 48.5 Å². The van der Waals surface area contributed by atoms with Gasteiger partial charge in [-0.25, -0.2) is 16.8 Å². The highest BCUT2D eigenvalue weighted by molar-refractivity contribution is 7.92. The van der Waals surface area contributed by atoms with Crippen LogP contribution in [0.2, 0.25) is 0 Å². The first kappa shape index (κ1) is 33.1. The van der Waals surface area contributed by atoms with Crippen LogP contribution in [-0.2, 0) is 20.0 Å². The minimum Gasteiger partial charge on any atom is -0.486 e. The molecule has 2 aliphatic rings. The Labute approximate surface area is 235 Å². The van der Waals surface area contributed by atoms with Crippen molar-refractivity contribution in [1.82, 2.24) is 10.6 Å². The number of sulfonamides is 2. The number of benzene rings is 2. The second kappa shape index (κ2) is 15.5. The SMILES string of the molecule is CS(=O)(=O)Nc1cccc(OCC2=NCCN2)c1.CS(=O)(=O)Nc1cccc(OCC2=NCCN2)c1.Cl.Cl. The fourth-order valence-corrected chi connectivity index (χ4v) is 4.23. The lowest BCUT2D eigenvalue weighted by molar-refractivity contribution is 0.373. The van der Waals surface area contributed by atoms with Crippen molar-refractivity contribution in [2.45, 2.75) is 0 Å². The van der Waals surface area contributed by atoms with Gasteiger partial charge in [-0.15, -0.1) is 24.8 Å². The smallest absolute Gasteiger partial charge is 0.229 e. The lowest BCUT2D eigenvalue weighted by Gasteiger charge is -2.09. The number of aliphatic imine (C=N–C) groups is 2. The topological polar surface area (TPSA) is 160 Å². The molecule has 0 radical (unpaired) electrons. The normalized spacial score (nSPS) is 14.1. The average molecular weight is 612 g/mol. The molecule has 12 nitrogen and oxygen atoms in total. The number of nitrogens with zero attached hydrogens (tertiary/aromatic N) is 2. The van der Waals surface area contributed by atoms with Crippen LogP contribution in [-0.4, -0.2) is 80.4 Å². The molecule has 0 fully saturated rings. The van der Waals surface area contributed by atoms with Crippen LogP contribution >= 0.6 is 24.8 Å². The van der Waals surface area contributed by atoms with Gasteiger partial charge in [0.25, 0.3) is 0 Å². The standard InChI is InChI=1S/2C11H15N3O3S.2ClH/c2*1-18(15,16)14-9-3-2-4-10(7-9)17-8-11-12-5-6-13-11;;/h2*2-4,7,14H,5-6,8H2,1H3,(H,12,13);2*1H. The van der Waals surface area contributed by atoms with Gasteiger partial charge >= 0.3 is 0 Å². The number of hydrogen-bond donors (Lipinski definition) is 4. The first-order valence-electron chi connectivity index (χ1n) is 11.0. The summed E-state index contributed by atoms with van der Waals surface area (Å²) in [5, 5.41) is 6.19. The first-order valence-corrected chi connectivity index (χ1v) is 14.8. The Bertz CT molecular complexity index is 1220. The predicted molar refractivity (Wildman–Crippen MR) is 156 cm³/mol. The van der Waals surface area contributed by atoms with Crippen LogP contribution in [0.15, 0.2) is 58.5 Å². The Morgan fingerprint density at radius 3 is 1.45 bits per heavy atom. The van der Waals surface area contributed by atoms with Crippen LogP contribution in [0, 0.1) is 0 Å². The van der Waals surface area contributed by atoms with E-state index in [0.29, 0.717) is 36.1 Å². The van der Waals surface area contributed by atoms with Gasteiger partial charge in [0.2, 0.25) is 20.0 Å². The third kappa shape index (κ3) is 13.0. The molecule has 0 saturated carbocycles. The van der Waals surface area contributed by atoms with Gasteiger partial charge < -0.3 is 20.1 Å². The molecule has 0 aliphatic carbocycles. The van der Waals surface area contributed by atoms with Crippen LogP contribution < -0.4 is 29.6 Å². The fourth-order valence-electron chi connectivity index (χ4n) is 3.12. The van der Waals surface area contributed by atoms with Gasteiger partial charge in [0.15, 0.2) is 0 Å². The van der Waals surface area contributed by atoms with E-state index in [0.717, 1.165) is 50.4 Å². The van der Waals surface area contributed by atoms with Crippen molar-refractivity contribution in [3.8, 4) is 11.5 Å². The maximum Gasteiger partial charge on any atom is 0.229 e. The van der Waals surface area contributed by atoms with Crippen molar-refractivity contribution in [1.29, 1.82) is 0 Å². The van der Waals surface area contributed by atoms with Crippen LogP contribution in [0.5, 0.6) is 11.5 Å². The molecule has 2 aromatic rings. The summed E-state index contributed by atoms with van der Waals surface area (Å²) in [6.45, 7) is 3.95. The summed E-state index contributed by atoms with van der Waals surface area (Å²) in [5.74, 6) is 2.83. The lowest BCUT2D eigenvalue weighted by atomic mass is 10.3. The molecule has 4 rings (SSSR count). The third-order valence-corrected chi connectivity index (χ3v) is 5.73. The molecule has 0 amide bonds. The highest BCUT2D eigenvalue weighted by Gasteiger charge is 2.08. The molecular weight excluding hydrogens is 579 g/mol. The molecule has 0 unspecified atom stereocenters. The zero-order chi connectivity index (χ0) is 26.0. The largest absolute Gasteiger partial charge is 0.486 e. The summed E-state index contributed by atoms with van der Waals surface area (Å²) in [6.07, 6.45) is 2.22. The lowest BCUT2D eigenvalue weighted by Crippen LogP contribution is -2.24. The van der Waals surface area contributed by atoms with E-state index in [1.807, 2.05) is 0 Å². The molecule has 212 valence electrons. The molecule has 2 aliphatic heterocycles. The monoisotopic (exact) mass is 610 g/mol. The Balaban J connectivity index is 0.000000361. The highest BCUT2D eigenvalue weighted by atomic mass is 35.5. The molecule has 0 saturated heterocycles. The molecule has 38 heavy (non-hydrogen) atoms. The Morgan fingerprint density at radius 1 is 0.737 bits per heavy atom. The van der Waals surface area contributed by atoms with Gasteiger partial charge in [-0.1, -0.05) is 12.1 Å². The number of halogens is 2. The third-order valence-electron chi connectivity index (χ3n) is 4.51. The minimum absolute atomic E-state index is 0. The maximum absolute atomic E-state index is 11.1. The molecule has 2 heterocycles. The Hall–Kier alpha value is -2.94. The van der Waals surface area contributed by atoms with E-state index < -0.39 is 20.0 Å². The summed E-state index contributed by atoms with van der Waals surface area (Å²) in [6, 6.07) is 13.6. The Kier molecular flexibility index (Phi) is 13.5. The minimum atomic E-state index is -3.27. The van der Waals surface area contributed by atoms with Crippen molar-refractivity contribution >= 4 is 67.9 Å². The second-order valence-corrected chi connectivity index (χ2v) is 11.4. The number of rotatable bonds is 10. The Morgan fingerprint density at radius 2 is 1.13 bits per heavy atom. The zero-order valence-electron chi connectivity index (χ0n) is 20.8. The summed E-state index contributed by atoms with van der Waals surface area (Å²) >= 11 is 0. The number of hydrogen-bond acceptors (Lipinski definition) is 10. The molecule has 0 bridgehead atoms. The average Bonchev–Trinajstić information content (AvgIpc) is 3.49. The van der Waals surface area contributed by atoms with Gasteiger partial charge in [0, 0.05) is 25.2 Å². The van der Waals surface area contributed by atoms with Gasteiger partial charge in [0.1, 0.15) is 36.4 Å². The summed E-state index contributed by atoms with van der Waals surface area (Å²) < 4.78 is 60.2. The maximum atomic E-state index is 11.1. The molecule has 16 heteroatoms. The molecule has 0 aromatic heterocycles. The second-order valence-electron chi connectivity index (χ2n) is 7.89. The van der Waals surface area contributed by atoms with Gasteiger partial charge in [-0.3, -0.25) is 19.4 Å². The summed E-state index contributed by atoms with van der Waals surface area (Å²) in [5.41, 5.74) is 0.965. The number of nitrogens with one attached hydrogen (secondary N) is 4. The molecule has 0 spiro atoms. The van der Waals surface area contributed by atoms with Gasteiger partial charge in [0.05, 0.1) is 37.0 Å². The molecule has 4 N–H and O–H groups in total. The zero-order valence-corrected chi connectivity index (χ0v) is 24.1. The highest BCUT2D eigenvalue weighted by Crippen LogP contribution is 2.19. The fraction of sp³-hybridized carbons (Fsp3) is 0.364. The van der Waals surface area contributed by atoms with Crippen molar-refractivity contribution < 1.29 is 26.3 Å². The quantitative estimate of drug-likeness (QED) is 0.316. The molecule has 2 aromatic carbocycles. The summed E-state index contributed by atoms with van der Waals surface area (Å²) in [7, 11) is -6.53. The van der Waals surface area contributed by atoms with Crippen LogP contribution in [0.25, 0.3) is 0 Å². The van der Waals surface area contributed by atoms with E-state index in [1.54, 1.807) is 48.5 Å². The predicted octanol–water partition coefficient (Wildman–Crippen LogP) is 1.72. The van der Waals surface area contributed by atoms with E-state index in [9.17, 15) is 16.8 Å². The van der Waals surface area contributed by atoms with Crippen molar-refractivity contribution in [2.24, 2.45) is 9.98 Å². The number of anilines is 2. The van der Waals surface area contributed by atoms with Crippen molar-refractivity contribution in [2.75, 3.05) is 61.3 Å². The van der Waals surface area contributed by atoms with Crippen LogP contribution in [0.4, 0.5) is 11.4 Å². The van der Waals surface area contributed by atoms with Gasteiger partial charge in [-0.05, 0) is 24.3 Å². The van der Waals surface area contributed by atoms with Crippen LogP contribution in [0.3, 0.4) is 0 Å². The van der Waals surface area contributed by atoms with E-state index >= 15 is 0 Å². The first-order chi connectivity index (χ1) is 17.1. The van der Waals surface area contributed by atoms with E-state index in [-0.39, 0.29) is 24.8 Å². The van der Waals surface area contributed by atoms with E-state index in [2.05, 4.69) is 30.1 Å². The van der Waals surface area contributed by atoms with E-state index in [1.165, 1.54) is 0 Å². The molecule has 0 atom stereocenters. The van der Waals surface area contributed by atoms with E-state index in [4.69, 9.17) is 9.47 Å². The van der Waals surface area contributed by atoms with Crippen LogP contribution in [0.1, 0.15) is 0 Å². The van der Waals surface area contributed by atoms with Crippen molar-refractivity contribution in [3.63, 3.8) is 0 Å². The number of amidine groups is 2.